The Labute approximate surface area is 124 Å². The summed E-state index contributed by atoms with van der Waals surface area (Å²) in [6.07, 6.45) is 5.41. The second-order valence-corrected chi connectivity index (χ2v) is 4.96. The predicted molar refractivity (Wildman–Crippen MR) is 80.5 cm³/mol. The van der Waals surface area contributed by atoms with Crippen LogP contribution in [0.2, 0.25) is 0 Å². The third-order valence-electron chi connectivity index (χ3n) is 3.57. The highest BCUT2D eigenvalue weighted by molar-refractivity contribution is 5.48. The van der Waals surface area contributed by atoms with Gasteiger partial charge in [0, 0.05) is 44.6 Å². The maximum absolute atomic E-state index is 5.36. The lowest BCUT2D eigenvalue weighted by molar-refractivity contribution is 0.122. The van der Waals surface area contributed by atoms with Gasteiger partial charge in [0.1, 0.15) is 23.8 Å². The number of hydrogen-bond donors (Lipinski definition) is 1. The van der Waals surface area contributed by atoms with Gasteiger partial charge in [0.2, 0.25) is 0 Å². The monoisotopic (exact) mass is 288 g/mol. The number of imidazole rings is 1. The zero-order valence-electron chi connectivity index (χ0n) is 12.2. The van der Waals surface area contributed by atoms with Crippen molar-refractivity contribution in [3.8, 4) is 0 Å². The van der Waals surface area contributed by atoms with Crippen molar-refractivity contribution in [3.63, 3.8) is 0 Å². The number of nitrogens with one attached hydrogen (secondary N) is 1. The smallest absolute Gasteiger partial charge is 0.134 e. The van der Waals surface area contributed by atoms with E-state index >= 15 is 0 Å². The minimum atomic E-state index is 0.757. The fourth-order valence-electron chi connectivity index (χ4n) is 2.35. The maximum Gasteiger partial charge on any atom is 0.134 e. The molecule has 3 rings (SSSR count). The van der Waals surface area contributed by atoms with E-state index in [1.807, 2.05) is 25.4 Å². The summed E-state index contributed by atoms with van der Waals surface area (Å²) >= 11 is 0. The zero-order chi connectivity index (χ0) is 14.5. The van der Waals surface area contributed by atoms with Crippen LogP contribution >= 0.6 is 0 Å². The first-order valence-electron chi connectivity index (χ1n) is 7.19. The summed E-state index contributed by atoms with van der Waals surface area (Å²) in [5.74, 6) is 2.83. The second kappa shape index (κ2) is 6.53. The lowest BCUT2D eigenvalue weighted by Gasteiger charge is -2.27. The molecule has 0 atom stereocenters. The van der Waals surface area contributed by atoms with E-state index in [0.29, 0.717) is 0 Å². The predicted octanol–water partition coefficient (Wildman–Crippen LogP) is 0.930. The number of aryl methyl sites for hydroxylation is 1. The lowest BCUT2D eigenvalue weighted by Crippen LogP contribution is -2.36. The molecule has 0 radical (unpaired) electrons. The van der Waals surface area contributed by atoms with Gasteiger partial charge in [-0.1, -0.05) is 0 Å². The maximum atomic E-state index is 5.36. The quantitative estimate of drug-likeness (QED) is 0.883. The molecule has 0 spiro atoms. The summed E-state index contributed by atoms with van der Waals surface area (Å²) in [7, 11) is 0. The molecule has 0 amide bonds. The van der Waals surface area contributed by atoms with Crippen molar-refractivity contribution in [1.29, 1.82) is 0 Å². The van der Waals surface area contributed by atoms with Crippen LogP contribution in [0.1, 0.15) is 5.82 Å². The van der Waals surface area contributed by atoms with E-state index in [0.717, 1.165) is 56.9 Å². The van der Waals surface area contributed by atoms with Gasteiger partial charge in [0.05, 0.1) is 13.2 Å². The van der Waals surface area contributed by atoms with Crippen LogP contribution in [0.4, 0.5) is 11.6 Å². The fourth-order valence-corrected chi connectivity index (χ4v) is 2.35. The van der Waals surface area contributed by atoms with Crippen LogP contribution in [0.25, 0.3) is 0 Å². The molecular weight excluding hydrogens is 268 g/mol. The largest absolute Gasteiger partial charge is 0.378 e. The minimum Gasteiger partial charge on any atom is -0.378 e. The van der Waals surface area contributed by atoms with Crippen molar-refractivity contribution in [1.82, 2.24) is 19.5 Å². The molecule has 21 heavy (non-hydrogen) atoms. The molecule has 0 bridgehead atoms. The van der Waals surface area contributed by atoms with Crippen LogP contribution in [0.15, 0.2) is 24.8 Å². The van der Waals surface area contributed by atoms with Crippen LogP contribution < -0.4 is 10.2 Å². The molecule has 3 heterocycles. The molecule has 2 aromatic rings. The Morgan fingerprint density at radius 1 is 1.24 bits per heavy atom. The number of hydrogen-bond acceptors (Lipinski definition) is 6. The molecule has 1 aliphatic heterocycles. The van der Waals surface area contributed by atoms with E-state index in [9.17, 15) is 0 Å². The van der Waals surface area contributed by atoms with Gasteiger partial charge in [-0.15, -0.1) is 0 Å². The van der Waals surface area contributed by atoms with Crippen LogP contribution in [0.5, 0.6) is 0 Å². The Morgan fingerprint density at radius 2 is 2.10 bits per heavy atom. The molecule has 112 valence electrons. The van der Waals surface area contributed by atoms with Crippen molar-refractivity contribution in [3.05, 3.63) is 30.6 Å². The second-order valence-electron chi connectivity index (χ2n) is 4.96. The van der Waals surface area contributed by atoms with Gasteiger partial charge in [-0.3, -0.25) is 0 Å². The zero-order valence-corrected chi connectivity index (χ0v) is 12.2. The summed E-state index contributed by atoms with van der Waals surface area (Å²) in [6, 6.07) is 1.99. The molecule has 7 heteroatoms. The molecule has 0 aliphatic carbocycles. The standard InChI is InChI=1S/C14H20N6O/c1-12-15-2-4-19(12)5-3-16-13-10-14(18-11-17-13)20-6-8-21-9-7-20/h2,4,10-11H,3,5-9H2,1H3,(H,16,17,18). The van der Waals surface area contributed by atoms with Gasteiger partial charge in [-0.25, -0.2) is 15.0 Å². The SMILES string of the molecule is Cc1nccn1CCNc1cc(N2CCOCC2)ncn1. The van der Waals surface area contributed by atoms with E-state index in [1.165, 1.54) is 0 Å². The van der Waals surface area contributed by atoms with E-state index in [-0.39, 0.29) is 0 Å². The molecule has 1 fully saturated rings. The first-order chi connectivity index (χ1) is 10.3. The minimum absolute atomic E-state index is 0.757. The van der Waals surface area contributed by atoms with E-state index in [2.05, 4.69) is 29.7 Å². The normalized spacial score (nSPS) is 15.2. The average molecular weight is 288 g/mol. The third-order valence-corrected chi connectivity index (χ3v) is 3.57. The van der Waals surface area contributed by atoms with Crippen LogP contribution in [-0.2, 0) is 11.3 Å². The summed E-state index contributed by atoms with van der Waals surface area (Å²) < 4.78 is 7.47. The van der Waals surface area contributed by atoms with Crippen LogP contribution in [-0.4, -0.2) is 52.4 Å². The van der Waals surface area contributed by atoms with Gasteiger partial charge in [-0.2, -0.15) is 0 Å². The first-order valence-corrected chi connectivity index (χ1v) is 7.19. The number of anilines is 2. The molecule has 2 aromatic heterocycles. The Balaban J connectivity index is 1.57. The highest BCUT2D eigenvalue weighted by Gasteiger charge is 2.12. The van der Waals surface area contributed by atoms with Gasteiger partial charge in [0.15, 0.2) is 0 Å². The molecule has 0 unspecified atom stereocenters. The van der Waals surface area contributed by atoms with E-state index in [1.54, 1.807) is 6.33 Å². The van der Waals surface area contributed by atoms with Crippen molar-refractivity contribution < 1.29 is 4.74 Å². The van der Waals surface area contributed by atoms with Crippen LogP contribution in [0, 0.1) is 6.92 Å². The summed E-state index contributed by atoms with van der Waals surface area (Å²) in [4.78, 5) is 15.0. The van der Waals surface area contributed by atoms with Crippen LogP contribution in [0.3, 0.4) is 0 Å². The number of nitrogens with zero attached hydrogens (tertiary/aromatic N) is 5. The lowest BCUT2D eigenvalue weighted by atomic mass is 10.4. The average Bonchev–Trinajstić information content (AvgIpc) is 2.94. The first kappa shape index (κ1) is 13.8. The van der Waals surface area contributed by atoms with Gasteiger partial charge >= 0.3 is 0 Å². The van der Waals surface area contributed by atoms with E-state index < -0.39 is 0 Å². The molecule has 0 saturated carbocycles. The Morgan fingerprint density at radius 3 is 2.86 bits per heavy atom. The van der Waals surface area contributed by atoms with Gasteiger partial charge in [-0.05, 0) is 6.92 Å². The highest BCUT2D eigenvalue weighted by atomic mass is 16.5. The summed E-state index contributed by atoms with van der Waals surface area (Å²) in [5.41, 5.74) is 0. The van der Waals surface area contributed by atoms with E-state index in [4.69, 9.17) is 4.74 Å². The molecule has 1 N–H and O–H groups in total. The summed E-state index contributed by atoms with van der Waals surface area (Å²) in [6.45, 7) is 6.94. The molecular formula is C14H20N6O. The fraction of sp³-hybridized carbons (Fsp3) is 0.500. The molecule has 0 aromatic carbocycles. The molecule has 1 aliphatic rings. The Kier molecular flexibility index (Phi) is 4.30. The number of ether oxygens (including phenoxy) is 1. The molecule has 7 nitrogen and oxygen atoms in total. The van der Waals surface area contributed by atoms with Crippen molar-refractivity contribution in [2.45, 2.75) is 13.5 Å². The summed E-state index contributed by atoms with van der Waals surface area (Å²) in [5, 5.41) is 3.33. The number of morpholine rings is 1. The van der Waals surface area contributed by atoms with Gasteiger partial charge < -0.3 is 19.5 Å². The van der Waals surface area contributed by atoms with Crippen molar-refractivity contribution in [2.75, 3.05) is 43.1 Å². The van der Waals surface area contributed by atoms with Crippen molar-refractivity contribution in [2.24, 2.45) is 0 Å². The number of aromatic nitrogens is 4. The Hall–Kier alpha value is -2.15. The van der Waals surface area contributed by atoms with Gasteiger partial charge in [0.25, 0.3) is 0 Å². The number of rotatable bonds is 5. The topological polar surface area (TPSA) is 68.1 Å². The molecule has 1 saturated heterocycles. The third kappa shape index (κ3) is 3.49. The van der Waals surface area contributed by atoms with Crippen molar-refractivity contribution >= 4 is 11.6 Å². The Bertz CT molecular complexity index is 578. The highest BCUT2D eigenvalue weighted by Crippen LogP contribution is 2.15.